The minimum absolute atomic E-state index is 0.190. The van der Waals surface area contributed by atoms with Gasteiger partial charge in [-0.1, -0.05) is 12.1 Å². The highest BCUT2D eigenvalue weighted by molar-refractivity contribution is 5.78. The Kier molecular flexibility index (Phi) is 5.13. The average molecular weight is 320 g/mol. The van der Waals surface area contributed by atoms with Crippen LogP contribution in [-0.2, 0) is 4.79 Å². The predicted octanol–water partition coefficient (Wildman–Crippen LogP) is 0.722. The second kappa shape index (κ2) is 7.27. The molecule has 0 saturated carbocycles. The van der Waals surface area contributed by atoms with Gasteiger partial charge in [0.2, 0.25) is 5.91 Å². The van der Waals surface area contributed by atoms with Crippen molar-refractivity contribution in [3.05, 3.63) is 30.1 Å². The molecule has 0 spiro atoms. The van der Waals surface area contributed by atoms with Crippen LogP contribution >= 0.6 is 0 Å². The molecule has 1 aromatic rings. The van der Waals surface area contributed by atoms with Crippen molar-refractivity contribution in [2.45, 2.75) is 0 Å². The van der Waals surface area contributed by atoms with Crippen molar-refractivity contribution in [2.75, 3.05) is 70.9 Å². The van der Waals surface area contributed by atoms with Crippen LogP contribution < -0.4 is 4.90 Å². The Morgan fingerprint density at radius 2 is 1.65 bits per heavy atom. The van der Waals surface area contributed by atoms with Crippen LogP contribution in [0.15, 0.2) is 24.3 Å². The molecule has 1 aromatic carbocycles. The van der Waals surface area contributed by atoms with Crippen molar-refractivity contribution in [3.63, 3.8) is 0 Å². The van der Waals surface area contributed by atoms with E-state index in [1.165, 1.54) is 6.07 Å². The molecule has 0 bridgehead atoms. The third-order valence-electron chi connectivity index (χ3n) is 4.78. The number of hydrogen-bond donors (Lipinski definition) is 0. The summed E-state index contributed by atoms with van der Waals surface area (Å²) in [5, 5.41) is 0. The van der Waals surface area contributed by atoms with Gasteiger partial charge >= 0.3 is 0 Å². The summed E-state index contributed by atoms with van der Waals surface area (Å²) in [6, 6.07) is 6.84. The highest BCUT2D eigenvalue weighted by Gasteiger charge is 2.24. The zero-order chi connectivity index (χ0) is 16.2. The fraction of sp³-hybridized carbons (Fsp3) is 0.588. The average Bonchev–Trinajstić information content (AvgIpc) is 2.57. The molecule has 6 heteroatoms. The molecular weight excluding hydrogens is 295 g/mol. The molecule has 0 aliphatic carbocycles. The van der Waals surface area contributed by atoms with Crippen molar-refractivity contribution >= 4 is 11.6 Å². The van der Waals surface area contributed by atoms with E-state index in [-0.39, 0.29) is 11.7 Å². The van der Waals surface area contributed by atoms with Crippen LogP contribution in [0.25, 0.3) is 0 Å². The van der Waals surface area contributed by atoms with E-state index in [1.807, 2.05) is 15.9 Å². The number of para-hydroxylation sites is 1. The lowest BCUT2D eigenvalue weighted by atomic mass is 10.2. The second-order valence-corrected chi connectivity index (χ2v) is 6.40. The fourth-order valence-electron chi connectivity index (χ4n) is 3.20. The zero-order valence-corrected chi connectivity index (χ0v) is 13.7. The Hall–Kier alpha value is -1.66. The third kappa shape index (κ3) is 4.00. The predicted molar refractivity (Wildman–Crippen MR) is 89.1 cm³/mol. The Balaban J connectivity index is 1.49. The lowest BCUT2D eigenvalue weighted by Crippen LogP contribution is -2.53. The lowest BCUT2D eigenvalue weighted by Gasteiger charge is -2.38. The number of carbonyl (C=O) groups is 1. The third-order valence-corrected chi connectivity index (χ3v) is 4.78. The van der Waals surface area contributed by atoms with Gasteiger partial charge in [0.25, 0.3) is 0 Å². The van der Waals surface area contributed by atoms with Crippen molar-refractivity contribution in [2.24, 2.45) is 0 Å². The smallest absolute Gasteiger partial charge is 0.236 e. The van der Waals surface area contributed by atoms with Crippen molar-refractivity contribution in [1.29, 1.82) is 0 Å². The van der Waals surface area contributed by atoms with Crippen LogP contribution in [0.2, 0.25) is 0 Å². The number of carbonyl (C=O) groups excluding carboxylic acids is 1. The Labute approximate surface area is 137 Å². The summed E-state index contributed by atoms with van der Waals surface area (Å²) < 4.78 is 13.8. The van der Waals surface area contributed by atoms with Gasteiger partial charge in [0, 0.05) is 52.4 Å². The molecule has 2 aliphatic heterocycles. The number of amides is 1. The molecule has 126 valence electrons. The molecule has 0 N–H and O–H groups in total. The number of benzene rings is 1. The number of nitrogens with zero attached hydrogens (tertiary/aromatic N) is 4. The van der Waals surface area contributed by atoms with Gasteiger partial charge in [-0.05, 0) is 19.2 Å². The van der Waals surface area contributed by atoms with Gasteiger partial charge in [-0.15, -0.1) is 0 Å². The van der Waals surface area contributed by atoms with Crippen molar-refractivity contribution in [3.8, 4) is 0 Å². The van der Waals surface area contributed by atoms with Crippen LogP contribution in [0.3, 0.4) is 0 Å². The molecule has 0 atom stereocenters. The number of halogens is 1. The van der Waals surface area contributed by atoms with Gasteiger partial charge in [-0.2, -0.15) is 0 Å². The molecule has 3 rings (SSSR count). The number of hydrogen-bond acceptors (Lipinski definition) is 4. The topological polar surface area (TPSA) is 30.0 Å². The highest BCUT2D eigenvalue weighted by Crippen LogP contribution is 2.20. The molecule has 5 nitrogen and oxygen atoms in total. The van der Waals surface area contributed by atoms with Crippen LogP contribution in [-0.4, -0.2) is 86.6 Å². The Bertz CT molecular complexity index is 537. The maximum Gasteiger partial charge on any atom is 0.236 e. The molecule has 2 heterocycles. The lowest BCUT2D eigenvalue weighted by molar-refractivity contribution is -0.133. The summed E-state index contributed by atoms with van der Waals surface area (Å²) in [6.07, 6.45) is 0. The Morgan fingerprint density at radius 1 is 1.00 bits per heavy atom. The van der Waals surface area contributed by atoms with Gasteiger partial charge in [-0.25, -0.2) is 4.39 Å². The monoisotopic (exact) mass is 320 g/mol. The Morgan fingerprint density at radius 3 is 2.30 bits per heavy atom. The summed E-state index contributed by atoms with van der Waals surface area (Å²) >= 11 is 0. The number of likely N-dealkylation sites (N-methyl/N-ethyl adjacent to an activating group) is 1. The van der Waals surface area contributed by atoms with E-state index in [4.69, 9.17) is 0 Å². The maximum absolute atomic E-state index is 13.8. The van der Waals surface area contributed by atoms with Gasteiger partial charge in [0.05, 0.1) is 12.2 Å². The van der Waals surface area contributed by atoms with E-state index in [9.17, 15) is 9.18 Å². The highest BCUT2D eigenvalue weighted by atomic mass is 19.1. The zero-order valence-electron chi connectivity index (χ0n) is 13.7. The summed E-state index contributed by atoms with van der Waals surface area (Å²) in [5.41, 5.74) is 0.638. The van der Waals surface area contributed by atoms with Gasteiger partial charge in [0.1, 0.15) is 5.82 Å². The molecule has 2 saturated heterocycles. The maximum atomic E-state index is 13.8. The van der Waals surface area contributed by atoms with Gasteiger partial charge < -0.3 is 14.7 Å². The first-order chi connectivity index (χ1) is 11.1. The molecule has 0 unspecified atom stereocenters. The minimum Gasteiger partial charge on any atom is -0.366 e. The first kappa shape index (κ1) is 16.2. The van der Waals surface area contributed by atoms with Crippen LogP contribution in [0.5, 0.6) is 0 Å². The van der Waals surface area contributed by atoms with Crippen LogP contribution in [0.4, 0.5) is 10.1 Å². The normalized spacial score (nSPS) is 20.8. The molecular formula is C17H25FN4O. The molecule has 1 amide bonds. The number of piperazine rings is 2. The van der Waals surface area contributed by atoms with Gasteiger partial charge in [-0.3, -0.25) is 9.69 Å². The summed E-state index contributed by atoms with van der Waals surface area (Å²) in [7, 11) is 2.11. The summed E-state index contributed by atoms with van der Waals surface area (Å²) in [5.74, 6) is 0.00690. The van der Waals surface area contributed by atoms with Crippen molar-refractivity contribution in [1.82, 2.24) is 14.7 Å². The second-order valence-electron chi connectivity index (χ2n) is 6.40. The minimum atomic E-state index is -0.190. The van der Waals surface area contributed by atoms with Crippen molar-refractivity contribution < 1.29 is 9.18 Å². The van der Waals surface area contributed by atoms with E-state index < -0.39 is 0 Å². The SMILES string of the molecule is CN1CCN(CC(=O)N2CCN(c3ccccc3F)CC2)CC1. The standard InChI is InChI=1S/C17H25FN4O/c1-19-6-8-20(9-7-19)14-17(23)22-12-10-21(11-13-22)16-5-3-2-4-15(16)18/h2-5H,6-14H2,1H3. The fourth-order valence-corrected chi connectivity index (χ4v) is 3.20. The molecule has 0 aromatic heterocycles. The summed E-state index contributed by atoms with van der Waals surface area (Å²) in [6.45, 7) is 7.18. The number of rotatable bonds is 3. The largest absolute Gasteiger partial charge is 0.366 e. The quantitative estimate of drug-likeness (QED) is 0.821. The van der Waals surface area contributed by atoms with Gasteiger partial charge in [0.15, 0.2) is 0 Å². The van der Waals surface area contributed by atoms with E-state index in [1.54, 1.807) is 12.1 Å². The molecule has 23 heavy (non-hydrogen) atoms. The van der Waals surface area contributed by atoms with E-state index in [0.29, 0.717) is 38.4 Å². The van der Waals surface area contributed by atoms with E-state index in [2.05, 4.69) is 16.8 Å². The van der Waals surface area contributed by atoms with Crippen LogP contribution in [0, 0.1) is 5.82 Å². The molecule has 2 fully saturated rings. The van der Waals surface area contributed by atoms with Crippen LogP contribution in [0.1, 0.15) is 0 Å². The van der Waals surface area contributed by atoms with E-state index >= 15 is 0 Å². The van der Waals surface area contributed by atoms with E-state index in [0.717, 1.165) is 26.2 Å². The molecule has 2 aliphatic rings. The number of anilines is 1. The summed E-state index contributed by atoms with van der Waals surface area (Å²) in [4.78, 5) is 20.9. The first-order valence-electron chi connectivity index (χ1n) is 8.31. The first-order valence-corrected chi connectivity index (χ1v) is 8.31. The molecule has 0 radical (unpaired) electrons.